The second-order valence-electron chi connectivity index (χ2n) is 7.17. The van der Waals surface area contributed by atoms with Crippen LogP contribution < -0.4 is 15.4 Å². The highest BCUT2D eigenvalue weighted by Gasteiger charge is 2.18. The fraction of sp³-hybridized carbons (Fsp3) is 0.208. The van der Waals surface area contributed by atoms with Crippen molar-refractivity contribution in [1.82, 2.24) is 20.5 Å². The van der Waals surface area contributed by atoms with Crippen LogP contribution in [0.1, 0.15) is 11.3 Å². The molecule has 1 aromatic heterocycles. The van der Waals surface area contributed by atoms with Crippen molar-refractivity contribution in [2.75, 3.05) is 26.2 Å². The van der Waals surface area contributed by atoms with Crippen LogP contribution in [0, 0.1) is 11.3 Å². The van der Waals surface area contributed by atoms with E-state index >= 15 is 0 Å². The van der Waals surface area contributed by atoms with Gasteiger partial charge in [0.15, 0.2) is 0 Å². The van der Waals surface area contributed by atoms with Gasteiger partial charge in [0.1, 0.15) is 11.5 Å². The second kappa shape index (κ2) is 9.74. The first-order chi connectivity index (χ1) is 15.2. The van der Waals surface area contributed by atoms with E-state index in [0.717, 1.165) is 42.3 Å². The van der Waals surface area contributed by atoms with E-state index in [1.807, 2.05) is 42.5 Å². The molecule has 1 fully saturated rings. The van der Waals surface area contributed by atoms with E-state index in [1.54, 1.807) is 29.2 Å². The van der Waals surface area contributed by atoms with Crippen LogP contribution in [-0.2, 0) is 6.54 Å². The Morgan fingerprint density at radius 2 is 1.81 bits per heavy atom. The Kier molecular flexibility index (Phi) is 6.41. The highest BCUT2D eigenvalue weighted by molar-refractivity contribution is 5.76. The standard InChI is InChI=1S/C24H23N5O2/c25-16-18-4-8-21(9-5-18)31-22-10-6-19(7-11-22)23-3-1-2-20(28-23)17-26-12-14-29-15-13-27-24(29)30/h1-11,26H,12-15,17H2,(H,27,30). The van der Waals surface area contributed by atoms with Crippen LogP contribution in [0.5, 0.6) is 11.5 Å². The molecule has 1 aliphatic rings. The van der Waals surface area contributed by atoms with Crippen LogP contribution in [0.3, 0.4) is 0 Å². The molecule has 0 bridgehead atoms. The van der Waals surface area contributed by atoms with Crippen LogP contribution >= 0.6 is 0 Å². The van der Waals surface area contributed by atoms with Crippen LogP contribution in [0.15, 0.2) is 66.7 Å². The smallest absolute Gasteiger partial charge is 0.317 e. The van der Waals surface area contributed by atoms with Crippen LogP contribution in [0.2, 0.25) is 0 Å². The summed E-state index contributed by atoms with van der Waals surface area (Å²) in [5.41, 5.74) is 3.44. The lowest BCUT2D eigenvalue weighted by Crippen LogP contribution is -2.34. The number of amides is 2. The Balaban J connectivity index is 1.32. The number of rotatable bonds is 8. The summed E-state index contributed by atoms with van der Waals surface area (Å²) in [6, 6.07) is 22.8. The van der Waals surface area contributed by atoms with Crippen molar-refractivity contribution in [3.05, 3.63) is 78.0 Å². The molecular weight excluding hydrogens is 390 g/mol. The molecule has 2 aromatic carbocycles. The molecule has 2 amide bonds. The van der Waals surface area contributed by atoms with Gasteiger partial charge in [0.05, 0.1) is 23.0 Å². The fourth-order valence-corrected chi connectivity index (χ4v) is 3.32. The average molecular weight is 413 g/mol. The fourth-order valence-electron chi connectivity index (χ4n) is 3.32. The van der Waals surface area contributed by atoms with Crippen LogP contribution in [-0.4, -0.2) is 42.1 Å². The van der Waals surface area contributed by atoms with Crippen LogP contribution in [0.4, 0.5) is 4.79 Å². The topological polar surface area (TPSA) is 90.3 Å². The number of nitriles is 1. The van der Waals surface area contributed by atoms with Crippen molar-refractivity contribution >= 4 is 6.03 Å². The lowest BCUT2D eigenvalue weighted by atomic mass is 10.1. The number of aromatic nitrogens is 1. The minimum Gasteiger partial charge on any atom is -0.457 e. The summed E-state index contributed by atoms with van der Waals surface area (Å²) < 4.78 is 5.84. The summed E-state index contributed by atoms with van der Waals surface area (Å²) in [5, 5.41) is 15.0. The maximum absolute atomic E-state index is 11.5. The van der Waals surface area contributed by atoms with E-state index in [-0.39, 0.29) is 6.03 Å². The highest BCUT2D eigenvalue weighted by atomic mass is 16.5. The van der Waals surface area contributed by atoms with Crippen molar-refractivity contribution in [3.63, 3.8) is 0 Å². The largest absolute Gasteiger partial charge is 0.457 e. The van der Waals surface area contributed by atoms with Crippen molar-refractivity contribution in [2.45, 2.75) is 6.54 Å². The Hall–Kier alpha value is -3.89. The van der Waals surface area contributed by atoms with Gasteiger partial charge in [-0.25, -0.2) is 4.79 Å². The number of carbonyl (C=O) groups is 1. The molecule has 1 saturated heterocycles. The second-order valence-corrected chi connectivity index (χ2v) is 7.17. The van der Waals surface area contributed by atoms with E-state index in [4.69, 9.17) is 15.0 Å². The van der Waals surface area contributed by atoms with Gasteiger partial charge in [-0.15, -0.1) is 0 Å². The molecule has 7 heteroatoms. The summed E-state index contributed by atoms with van der Waals surface area (Å²) >= 11 is 0. The molecule has 0 atom stereocenters. The molecule has 4 rings (SSSR count). The molecule has 0 aliphatic carbocycles. The first kappa shape index (κ1) is 20.4. The van der Waals surface area contributed by atoms with Gasteiger partial charge in [-0.05, 0) is 60.7 Å². The van der Waals surface area contributed by atoms with E-state index in [0.29, 0.717) is 24.4 Å². The summed E-state index contributed by atoms with van der Waals surface area (Å²) in [5.74, 6) is 1.40. The zero-order valence-corrected chi connectivity index (χ0v) is 17.0. The maximum atomic E-state index is 11.5. The molecular formula is C24H23N5O2. The first-order valence-electron chi connectivity index (χ1n) is 10.2. The summed E-state index contributed by atoms with van der Waals surface area (Å²) in [7, 11) is 0. The number of pyridine rings is 1. The molecule has 1 aliphatic heterocycles. The Morgan fingerprint density at radius 1 is 1.06 bits per heavy atom. The summed E-state index contributed by atoms with van der Waals surface area (Å²) in [6.45, 7) is 3.54. The molecule has 0 saturated carbocycles. The number of hydrogen-bond donors (Lipinski definition) is 2. The minimum absolute atomic E-state index is 0.00790. The van der Waals surface area contributed by atoms with Crippen molar-refractivity contribution in [2.24, 2.45) is 0 Å². The molecule has 0 radical (unpaired) electrons. The third kappa shape index (κ3) is 5.38. The number of nitrogens with one attached hydrogen (secondary N) is 2. The SMILES string of the molecule is N#Cc1ccc(Oc2ccc(-c3cccc(CNCCN4CCNC4=O)n3)cc2)cc1. The number of ether oxygens (including phenoxy) is 1. The third-order valence-electron chi connectivity index (χ3n) is 4.99. The molecule has 2 N–H and O–H groups in total. The third-order valence-corrected chi connectivity index (χ3v) is 4.99. The van der Waals surface area contributed by atoms with Gasteiger partial charge in [0.25, 0.3) is 0 Å². The quantitative estimate of drug-likeness (QED) is 0.552. The van der Waals surface area contributed by atoms with Gasteiger partial charge in [0.2, 0.25) is 0 Å². The van der Waals surface area contributed by atoms with Crippen molar-refractivity contribution in [3.8, 4) is 28.8 Å². The number of hydrogen-bond acceptors (Lipinski definition) is 5. The monoisotopic (exact) mass is 413 g/mol. The zero-order chi connectivity index (χ0) is 21.5. The highest BCUT2D eigenvalue weighted by Crippen LogP contribution is 2.25. The summed E-state index contributed by atoms with van der Waals surface area (Å²) in [6.07, 6.45) is 0. The zero-order valence-electron chi connectivity index (χ0n) is 17.0. The first-order valence-corrected chi connectivity index (χ1v) is 10.2. The lowest BCUT2D eigenvalue weighted by molar-refractivity contribution is 0.217. The number of nitrogens with zero attached hydrogens (tertiary/aromatic N) is 3. The molecule has 31 heavy (non-hydrogen) atoms. The van der Waals surface area contributed by atoms with Gasteiger partial charge in [-0.1, -0.05) is 6.07 Å². The van der Waals surface area contributed by atoms with E-state index in [9.17, 15) is 4.79 Å². The number of urea groups is 1. The van der Waals surface area contributed by atoms with Crippen LogP contribution in [0.25, 0.3) is 11.3 Å². The Morgan fingerprint density at radius 3 is 2.48 bits per heavy atom. The molecule has 0 unspecified atom stereocenters. The average Bonchev–Trinajstić information content (AvgIpc) is 3.22. The molecule has 156 valence electrons. The van der Waals surface area contributed by atoms with E-state index in [2.05, 4.69) is 16.7 Å². The van der Waals surface area contributed by atoms with Crippen molar-refractivity contribution in [1.29, 1.82) is 5.26 Å². The summed E-state index contributed by atoms with van der Waals surface area (Å²) in [4.78, 5) is 18.1. The van der Waals surface area contributed by atoms with Gasteiger partial charge in [0, 0.05) is 38.3 Å². The minimum atomic E-state index is 0.00790. The van der Waals surface area contributed by atoms with Gasteiger partial charge in [-0.3, -0.25) is 4.98 Å². The number of benzene rings is 2. The van der Waals surface area contributed by atoms with E-state index in [1.165, 1.54) is 0 Å². The van der Waals surface area contributed by atoms with Gasteiger partial charge in [-0.2, -0.15) is 5.26 Å². The normalized spacial score (nSPS) is 13.0. The maximum Gasteiger partial charge on any atom is 0.317 e. The predicted molar refractivity (Wildman–Crippen MR) is 118 cm³/mol. The molecule has 7 nitrogen and oxygen atoms in total. The molecule has 0 spiro atoms. The molecule has 2 heterocycles. The Bertz CT molecular complexity index is 1070. The van der Waals surface area contributed by atoms with Gasteiger partial charge < -0.3 is 20.3 Å². The Labute approximate surface area is 181 Å². The van der Waals surface area contributed by atoms with Gasteiger partial charge >= 0.3 is 6.03 Å². The molecule has 3 aromatic rings. The van der Waals surface area contributed by atoms with E-state index < -0.39 is 0 Å². The number of carbonyl (C=O) groups excluding carboxylic acids is 1. The predicted octanol–water partition coefficient (Wildman–Crippen LogP) is 3.53. The van der Waals surface area contributed by atoms with Crippen molar-refractivity contribution < 1.29 is 9.53 Å². The lowest BCUT2D eigenvalue weighted by Gasteiger charge is -2.14.